The van der Waals surface area contributed by atoms with E-state index in [4.69, 9.17) is 18.9 Å². The minimum absolute atomic E-state index is 0.438. The van der Waals surface area contributed by atoms with Crippen LogP contribution in [-0.4, -0.2) is 31.6 Å². The highest BCUT2D eigenvalue weighted by atomic mass is 17.0. The fourth-order valence-electron chi connectivity index (χ4n) is 3.13. The summed E-state index contributed by atoms with van der Waals surface area (Å²) in [6.07, 6.45) is 7.17. The molecular formula is C13H22O4. The molecule has 3 fully saturated rings. The van der Waals surface area contributed by atoms with Crippen LogP contribution in [0, 0.1) is 5.92 Å². The van der Waals surface area contributed by atoms with Gasteiger partial charge in [-0.2, -0.15) is 0 Å². The van der Waals surface area contributed by atoms with Gasteiger partial charge < -0.3 is 14.2 Å². The largest absolute Gasteiger partial charge is 0.343 e. The van der Waals surface area contributed by atoms with E-state index in [0.29, 0.717) is 25.7 Å². The maximum atomic E-state index is 5.91. The van der Waals surface area contributed by atoms with Gasteiger partial charge in [0.15, 0.2) is 0 Å². The van der Waals surface area contributed by atoms with Crippen LogP contribution in [0.25, 0.3) is 0 Å². The number of hydrogen-bond acceptors (Lipinski definition) is 4. The molecule has 3 rings (SSSR count). The van der Waals surface area contributed by atoms with E-state index in [1.165, 1.54) is 32.1 Å². The second kappa shape index (κ2) is 4.50. The van der Waals surface area contributed by atoms with Gasteiger partial charge in [0.25, 0.3) is 5.79 Å². The summed E-state index contributed by atoms with van der Waals surface area (Å²) in [5.41, 5.74) is 0. The van der Waals surface area contributed by atoms with Gasteiger partial charge in [-0.05, 0) is 19.3 Å². The van der Waals surface area contributed by atoms with Crippen LogP contribution in [0.3, 0.4) is 0 Å². The van der Waals surface area contributed by atoms with Gasteiger partial charge in [-0.1, -0.05) is 26.2 Å². The second-order valence-corrected chi connectivity index (χ2v) is 5.21. The van der Waals surface area contributed by atoms with Crippen molar-refractivity contribution in [3.63, 3.8) is 0 Å². The molecule has 1 aliphatic carbocycles. The van der Waals surface area contributed by atoms with E-state index < -0.39 is 11.8 Å². The predicted octanol–water partition coefficient (Wildman–Crippen LogP) is 2.42. The van der Waals surface area contributed by atoms with Gasteiger partial charge in [0.1, 0.15) is 0 Å². The quantitative estimate of drug-likeness (QED) is 0.710. The van der Waals surface area contributed by atoms with Gasteiger partial charge >= 0.3 is 5.97 Å². The minimum Gasteiger partial charge on any atom is -0.341 e. The number of epoxide rings is 1. The summed E-state index contributed by atoms with van der Waals surface area (Å²) in [7, 11) is 0. The molecule has 0 N–H and O–H groups in total. The SMILES string of the molecule is CCCOC12OCCOC1(C1CCCCC1)O2. The molecule has 0 aromatic heterocycles. The first-order valence-corrected chi connectivity index (χ1v) is 6.95. The Bertz CT molecular complexity index is 277. The Morgan fingerprint density at radius 1 is 1.12 bits per heavy atom. The maximum Gasteiger partial charge on any atom is 0.343 e. The van der Waals surface area contributed by atoms with Gasteiger partial charge in [-0.3, -0.25) is 4.74 Å². The number of hydrogen-bond donors (Lipinski definition) is 0. The lowest BCUT2D eigenvalue weighted by Crippen LogP contribution is -2.45. The minimum atomic E-state index is -0.872. The van der Waals surface area contributed by atoms with Crippen LogP contribution in [-0.2, 0) is 18.9 Å². The highest BCUT2D eigenvalue weighted by molar-refractivity contribution is 5.04. The topological polar surface area (TPSA) is 40.2 Å². The van der Waals surface area contributed by atoms with Crippen LogP contribution in [0.1, 0.15) is 45.4 Å². The first-order chi connectivity index (χ1) is 8.33. The van der Waals surface area contributed by atoms with Gasteiger partial charge in [0.05, 0.1) is 19.8 Å². The molecule has 0 aromatic rings. The third-order valence-electron chi connectivity index (χ3n) is 4.00. The Kier molecular flexibility index (Phi) is 3.15. The highest BCUT2D eigenvalue weighted by Crippen LogP contribution is 2.60. The molecular weight excluding hydrogens is 220 g/mol. The molecule has 2 atom stereocenters. The van der Waals surface area contributed by atoms with Gasteiger partial charge in [0, 0.05) is 5.92 Å². The molecule has 2 unspecified atom stereocenters. The third-order valence-corrected chi connectivity index (χ3v) is 4.00. The standard InChI is InChI=1S/C13H22O4/c1-2-8-15-13-12(17-13,14-9-10-16-13)11-6-4-3-5-7-11/h11H,2-10H2,1H3. The molecule has 0 spiro atoms. The van der Waals surface area contributed by atoms with E-state index in [1.54, 1.807) is 0 Å². The summed E-state index contributed by atoms with van der Waals surface area (Å²) in [5.74, 6) is -1.02. The molecule has 4 heteroatoms. The first-order valence-electron chi connectivity index (χ1n) is 6.95. The molecule has 0 amide bonds. The van der Waals surface area contributed by atoms with Crippen LogP contribution < -0.4 is 0 Å². The van der Waals surface area contributed by atoms with Gasteiger partial charge in [0.2, 0.25) is 0 Å². The Balaban J connectivity index is 1.71. The zero-order valence-electron chi connectivity index (χ0n) is 10.6. The van der Waals surface area contributed by atoms with E-state index in [1.807, 2.05) is 0 Å². The van der Waals surface area contributed by atoms with E-state index in [9.17, 15) is 0 Å². The van der Waals surface area contributed by atoms with E-state index in [-0.39, 0.29) is 0 Å². The summed E-state index contributed by atoms with van der Waals surface area (Å²) in [6.45, 7) is 3.94. The predicted molar refractivity (Wildman–Crippen MR) is 61.3 cm³/mol. The average Bonchev–Trinajstić information content (AvgIpc) is 3.08. The van der Waals surface area contributed by atoms with Gasteiger partial charge in [-0.15, -0.1) is 0 Å². The summed E-state index contributed by atoms with van der Waals surface area (Å²) in [6, 6.07) is 0. The van der Waals surface area contributed by atoms with Crippen molar-refractivity contribution in [1.29, 1.82) is 0 Å². The fraction of sp³-hybridized carbons (Fsp3) is 1.00. The number of rotatable bonds is 4. The fourth-order valence-corrected chi connectivity index (χ4v) is 3.13. The highest BCUT2D eigenvalue weighted by Gasteiger charge is 2.80. The summed E-state index contributed by atoms with van der Waals surface area (Å²) >= 11 is 0. The van der Waals surface area contributed by atoms with Crippen molar-refractivity contribution in [2.75, 3.05) is 19.8 Å². The summed E-state index contributed by atoms with van der Waals surface area (Å²) in [4.78, 5) is 0. The van der Waals surface area contributed by atoms with Crippen LogP contribution in [0.15, 0.2) is 0 Å². The zero-order chi connectivity index (χ0) is 11.8. The van der Waals surface area contributed by atoms with Crippen molar-refractivity contribution >= 4 is 0 Å². The van der Waals surface area contributed by atoms with Crippen molar-refractivity contribution in [3.8, 4) is 0 Å². The molecule has 98 valence electrons. The molecule has 4 nitrogen and oxygen atoms in total. The normalized spacial score (nSPS) is 42.2. The third kappa shape index (κ3) is 1.82. The van der Waals surface area contributed by atoms with Crippen molar-refractivity contribution in [3.05, 3.63) is 0 Å². The van der Waals surface area contributed by atoms with Gasteiger partial charge in [-0.25, -0.2) is 0 Å². The molecule has 3 aliphatic rings. The lowest BCUT2D eigenvalue weighted by molar-refractivity contribution is -0.273. The first kappa shape index (κ1) is 11.9. The van der Waals surface area contributed by atoms with Crippen LogP contribution in [0.5, 0.6) is 0 Å². The Morgan fingerprint density at radius 3 is 2.65 bits per heavy atom. The lowest BCUT2D eigenvalue weighted by Gasteiger charge is -2.32. The zero-order valence-corrected chi connectivity index (χ0v) is 10.6. The van der Waals surface area contributed by atoms with Crippen molar-refractivity contribution in [2.24, 2.45) is 5.92 Å². The van der Waals surface area contributed by atoms with Crippen molar-refractivity contribution in [2.45, 2.75) is 57.2 Å². The van der Waals surface area contributed by atoms with Crippen molar-refractivity contribution < 1.29 is 18.9 Å². The van der Waals surface area contributed by atoms with Crippen LogP contribution in [0.4, 0.5) is 0 Å². The molecule has 17 heavy (non-hydrogen) atoms. The molecule has 1 saturated carbocycles. The molecule has 0 aromatic carbocycles. The summed E-state index contributed by atoms with van der Waals surface area (Å²) in [5, 5.41) is 0. The number of fused-ring (bicyclic) bond motifs is 1. The van der Waals surface area contributed by atoms with Crippen LogP contribution in [0.2, 0.25) is 0 Å². The smallest absolute Gasteiger partial charge is 0.341 e. The monoisotopic (exact) mass is 242 g/mol. The maximum absolute atomic E-state index is 5.91. The Morgan fingerprint density at radius 2 is 1.88 bits per heavy atom. The molecule has 2 heterocycles. The summed E-state index contributed by atoms with van der Waals surface area (Å²) < 4.78 is 23.2. The molecule has 2 saturated heterocycles. The van der Waals surface area contributed by atoms with Crippen LogP contribution >= 0.6 is 0 Å². The van der Waals surface area contributed by atoms with Crippen molar-refractivity contribution in [1.82, 2.24) is 0 Å². The Labute approximate surface area is 103 Å². The molecule has 0 radical (unpaired) electrons. The molecule has 0 bridgehead atoms. The van der Waals surface area contributed by atoms with E-state index in [2.05, 4.69) is 6.92 Å². The number of ether oxygens (including phenoxy) is 4. The van der Waals surface area contributed by atoms with E-state index in [0.717, 1.165) is 6.42 Å². The second-order valence-electron chi connectivity index (χ2n) is 5.21. The van der Waals surface area contributed by atoms with E-state index >= 15 is 0 Å². The molecule has 2 aliphatic heterocycles. The lowest BCUT2D eigenvalue weighted by atomic mass is 9.84. The average molecular weight is 242 g/mol. The Hall–Kier alpha value is -0.160.